The number of nitrogens with zero attached hydrogens (tertiary/aromatic N) is 2. The van der Waals surface area contributed by atoms with Crippen LogP contribution in [0.1, 0.15) is 25.0 Å². The SMILES string of the molecule is CC1(C)c2ccccc2-c2ccc3c4c5ccccc5ccc4n(-c4ccc5ncoc5c4)c3c21. The first kappa shape index (κ1) is 19.0. The second kappa shape index (κ2) is 6.39. The van der Waals surface area contributed by atoms with Gasteiger partial charge in [-0.15, -0.1) is 0 Å². The molecule has 0 amide bonds. The van der Waals surface area contributed by atoms with Gasteiger partial charge in [-0.2, -0.15) is 0 Å². The minimum absolute atomic E-state index is 0.121. The van der Waals surface area contributed by atoms with Gasteiger partial charge in [0.1, 0.15) is 5.52 Å². The van der Waals surface area contributed by atoms with Gasteiger partial charge in [-0.25, -0.2) is 4.98 Å². The van der Waals surface area contributed by atoms with E-state index in [2.05, 4.69) is 114 Å². The Morgan fingerprint density at radius 2 is 1.63 bits per heavy atom. The standard InChI is InChI=1S/C32H22N2O/c1-32(2)25-10-6-5-9-22(25)23-13-14-24-29-21-8-4-3-7-19(21)11-16-27(29)34(31(24)30(23)32)20-12-15-26-28(17-20)35-18-33-26/h3-18H,1-2H3. The molecule has 0 radical (unpaired) electrons. The lowest BCUT2D eigenvalue weighted by molar-refractivity contribution is 0.602. The van der Waals surface area contributed by atoms with Crippen molar-refractivity contribution in [1.29, 1.82) is 0 Å². The van der Waals surface area contributed by atoms with Crippen LogP contribution in [0.25, 0.3) is 60.5 Å². The molecule has 0 unspecified atom stereocenters. The minimum Gasteiger partial charge on any atom is -0.443 e. The molecule has 1 aliphatic rings. The van der Waals surface area contributed by atoms with Crippen molar-refractivity contribution in [2.75, 3.05) is 0 Å². The van der Waals surface area contributed by atoms with E-state index in [1.165, 1.54) is 61.2 Å². The van der Waals surface area contributed by atoms with Gasteiger partial charge in [-0.05, 0) is 51.2 Å². The topological polar surface area (TPSA) is 31.0 Å². The molecular weight excluding hydrogens is 428 g/mol. The van der Waals surface area contributed by atoms with E-state index in [0.717, 1.165) is 16.8 Å². The molecule has 3 nitrogen and oxygen atoms in total. The zero-order chi connectivity index (χ0) is 23.3. The number of rotatable bonds is 1. The third kappa shape index (κ3) is 2.33. The minimum atomic E-state index is -0.121. The molecule has 2 heterocycles. The van der Waals surface area contributed by atoms with Crippen LogP contribution in [0.4, 0.5) is 0 Å². The Kier molecular flexibility index (Phi) is 3.47. The summed E-state index contributed by atoms with van der Waals surface area (Å²) in [4.78, 5) is 4.34. The maximum atomic E-state index is 5.71. The molecule has 0 saturated heterocycles. The molecule has 0 bridgehead atoms. The van der Waals surface area contributed by atoms with Gasteiger partial charge in [0, 0.05) is 22.3 Å². The van der Waals surface area contributed by atoms with Gasteiger partial charge >= 0.3 is 0 Å². The van der Waals surface area contributed by atoms with E-state index < -0.39 is 0 Å². The first-order chi connectivity index (χ1) is 17.1. The normalized spacial score (nSPS) is 14.2. The average Bonchev–Trinajstić information content (AvgIpc) is 3.55. The van der Waals surface area contributed by atoms with E-state index in [4.69, 9.17) is 4.42 Å². The lowest BCUT2D eigenvalue weighted by atomic mass is 9.81. The van der Waals surface area contributed by atoms with Crippen molar-refractivity contribution in [2.45, 2.75) is 19.3 Å². The second-order valence-corrected chi connectivity index (χ2v) is 10.1. The molecule has 0 N–H and O–H groups in total. The Morgan fingerprint density at radius 3 is 2.57 bits per heavy atom. The Morgan fingerprint density at radius 1 is 0.771 bits per heavy atom. The maximum absolute atomic E-state index is 5.71. The van der Waals surface area contributed by atoms with E-state index in [1.54, 1.807) is 0 Å². The molecule has 3 heteroatoms. The summed E-state index contributed by atoms with van der Waals surface area (Å²) in [6.45, 7) is 4.72. The quantitative estimate of drug-likeness (QED) is 0.251. The molecule has 0 spiro atoms. The molecule has 7 aromatic rings. The number of hydrogen-bond acceptors (Lipinski definition) is 2. The summed E-state index contributed by atoms with van der Waals surface area (Å²) in [5, 5.41) is 5.12. The summed E-state index contributed by atoms with van der Waals surface area (Å²) in [7, 11) is 0. The molecule has 0 aliphatic heterocycles. The molecule has 1 aliphatic carbocycles. The van der Waals surface area contributed by atoms with Crippen LogP contribution in [0.15, 0.2) is 102 Å². The van der Waals surface area contributed by atoms with Gasteiger partial charge in [-0.3, -0.25) is 0 Å². The lowest BCUT2D eigenvalue weighted by Crippen LogP contribution is -2.16. The lowest BCUT2D eigenvalue weighted by Gasteiger charge is -2.23. The van der Waals surface area contributed by atoms with Gasteiger partial charge in [0.25, 0.3) is 0 Å². The van der Waals surface area contributed by atoms with Gasteiger partial charge in [0.15, 0.2) is 12.0 Å². The number of benzene rings is 5. The van der Waals surface area contributed by atoms with Crippen LogP contribution < -0.4 is 0 Å². The summed E-state index contributed by atoms with van der Waals surface area (Å²) in [5.41, 5.74) is 10.5. The van der Waals surface area contributed by atoms with Crippen molar-refractivity contribution >= 4 is 43.7 Å². The van der Waals surface area contributed by atoms with Crippen LogP contribution in [0, 0.1) is 0 Å². The van der Waals surface area contributed by atoms with Gasteiger partial charge in [0.2, 0.25) is 0 Å². The smallest absolute Gasteiger partial charge is 0.181 e. The summed E-state index contributed by atoms with van der Waals surface area (Å²) in [5.74, 6) is 0. The summed E-state index contributed by atoms with van der Waals surface area (Å²) < 4.78 is 8.15. The Balaban J connectivity index is 1.62. The van der Waals surface area contributed by atoms with Crippen LogP contribution >= 0.6 is 0 Å². The predicted molar refractivity (Wildman–Crippen MR) is 143 cm³/mol. The highest BCUT2D eigenvalue weighted by Gasteiger charge is 2.38. The van der Waals surface area contributed by atoms with E-state index in [-0.39, 0.29) is 5.41 Å². The number of hydrogen-bond donors (Lipinski definition) is 0. The highest BCUT2D eigenvalue weighted by atomic mass is 16.3. The molecular formula is C32H22N2O. The zero-order valence-corrected chi connectivity index (χ0v) is 19.5. The molecule has 5 aromatic carbocycles. The van der Waals surface area contributed by atoms with Crippen molar-refractivity contribution in [2.24, 2.45) is 0 Å². The fourth-order valence-corrected chi connectivity index (χ4v) is 6.38. The zero-order valence-electron chi connectivity index (χ0n) is 19.5. The van der Waals surface area contributed by atoms with Crippen LogP contribution in [0.2, 0.25) is 0 Å². The number of aromatic nitrogens is 2. The fourth-order valence-electron chi connectivity index (χ4n) is 6.38. The van der Waals surface area contributed by atoms with E-state index in [9.17, 15) is 0 Å². The highest BCUT2D eigenvalue weighted by Crippen LogP contribution is 2.53. The van der Waals surface area contributed by atoms with E-state index in [0.29, 0.717) is 0 Å². The van der Waals surface area contributed by atoms with Crippen molar-refractivity contribution < 1.29 is 4.42 Å². The van der Waals surface area contributed by atoms with Crippen LogP contribution in [-0.2, 0) is 5.41 Å². The Hall–Kier alpha value is -4.37. The van der Waals surface area contributed by atoms with Gasteiger partial charge in [-0.1, -0.05) is 80.6 Å². The maximum Gasteiger partial charge on any atom is 0.181 e. The van der Waals surface area contributed by atoms with Gasteiger partial charge < -0.3 is 8.98 Å². The molecule has 2 aromatic heterocycles. The predicted octanol–water partition coefficient (Wildman–Crippen LogP) is 8.38. The largest absolute Gasteiger partial charge is 0.443 e. The van der Waals surface area contributed by atoms with Crippen LogP contribution in [-0.4, -0.2) is 9.55 Å². The van der Waals surface area contributed by atoms with Crippen molar-refractivity contribution in [3.63, 3.8) is 0 Å². The monoisotopic (exact) mass is 450 g/mol. The Bertz CT molecular complexity index is 1990. The summed E-state index contributed by atoms with van der Waals surface area (Å²) in [6, 6.07) is 33.0. The molecule has 0 saturated carbocycles. The third-order valence-electron chi connectivity index (χ3n) is 7.91. The number of oxazole rings is 1. The first-order valence-corrected chi connectivity index (χ1v) is 12.1. The molecule has 166 valence electrons. The number of fused-ring (bicyclic) bond motifs is 10. The van der Waals surface area contributed by atoms with E-state index in [1.807, 2.05) is 0 Å². The van der Waals surface area contributed by atoms with E-state index >= 15 is 0 Å². The summed E-state index contributed by atoms with van der Waals surface area (Å²) >= 11 is 0. The molecule has 8 rings (SSSR count). The molecule has 0 fully saturated rings. The molecule has 35 heavy (non-hydrogen) atoms. The van der Waals surface area contributed by atoms with Gasteiger partial charge in [0.05, 0.1) is 16.7 Å². The molecule has 0 atom stereocenters. The van der Waals surface area contributed by atoms with Crippen LogP contribution in [0.3, 0.4) is 0 Å². The highest BCUT2D eigenvalue weighted by molar-refractivity contribution is 6.23. The third-order valence-corrected chi connectivity index (χ3v) is 7.91. The Labute approximate surface area is 202 Å². The van der Waals surface area contributed by atoms with Crippen molar-refractivity contribution in [3.05, 3.63) is 109 Å². The van der Waals surface area contributed by atoms with Crippen LogP contribution in [0.5, 0.6) is 0 Å². The average molecular weight is 451 g/mol. The summed E-state index contributed by atoms with van der Waals surface area (Å²) in [6.07, 6.45) is 1.52. The second-order valence-electron chi connectivity index (χ2n) is 10.1. The first-order valence-electron chi connectivity index (χ1n) is 12.1. The fraction of sp³-hybridized carbons (Fsp3) is 0.0938. The van der Waals surface area contributed by atoms with Crippen molar-refractivity contribution in [3.8, 4) is 16.8 Å². The van der Waals surface area contributed by atoms with Crippen molar-refractivity contribution in [1.82, 2.24) is 9.55 Å².